The Bertz CT molecular complexity index is 953. The van der Waals surface area contributed by atoms with E-state index in [1.165, 1.54) is 0 Å². The molecular weight excluding hydrogens is 296 g/mol. The molecule has 108 valence electrons. The second kappa shape index (κ2) is 4.75. The number of halogens is 1. The third kappa shape index (κ3) is 1.79. The predicted octanol–water partition coefficient (Wildman–Crippen LogP) is 4.32. The SMILES string of the molecule is Cn1c(Cl)c(/C=C2/C(=O)Nc3ccccc32)c2ccccc21. The maximum absolute atomic E-state index is 12.3. The molecule has 0 saturated heterocycles. The number of aromatic nitrogens is 1. The molecule has 0 fully saturated rings. The number of rotatable bonds is 1. The van der Waals surface area contributed by atoms with Gasteiger partial charge < -0.3 is 9.88 Å². The summed E-state index contributed by atoms with van der Waals surface area (Å²) in [5.74, 6) is -0.0924. The van der Waals surface area contributed by atoms with Crippen LogP contribution < -0.4 is 5.32 Å². The molecule has 1 amide bonds. The molecule has 1 N–H and O–H groups in total. The Morgan fingerprint density at radius 3 is 2.68 bits per heavy atom. The van der Waals surface area contributed by atoms with Crippen molar-refractivity contribution in [1.29, 1.82) is 0 Å². The molecule has 4 rings (SSSR count). The fraction of sp³-hybridized carbons (Fsp3) is 0.0556. The van der Waals surface area contributed by atoms with Gasteiger partial charge >= 0.3 is 0 Å². The van der Waals surface area contributed by atoms with Crippen molar-refractivity contribution < 1.29 is 4.79 Å². The summed E-state index contributed by atoms with van der Waals surface area (Å²) in [6.07, 6.45) is 1.88. The Labute approximate surface area is 132 Å². The molecule has 0 saturated carbocycles. The summed E-state index contributed by atoms with van der Waals surface area (Å²) in [7, 11) is 1.93. The molecule has 3 aromatic rings. The molecule has 0 unspecified atom stereocenters. The van der Waals surface area contributed by atoms with Crippen LogP contribution in [0.15, 0.2) is 48.5 Å². The maximum atomic E-state index is 12.3. The van der Waals surface area contributed by atoms with Crippen LogP contribution in [0, 0.1) is 0 Å². The van der Waals surface area contributed by atoms with Crippen molar-refractivity contribution in [2.45, 2.75) is 0 Å². The van der Waals surface area contributed by atoms with E-state index in [-0.39, 0.29) is 5.91 Å². The average Bonchev–Trinajstić information content (AvgIpc) is 2.98. The van der Waals surface area contributed by atoms with Crippen molar-refractivity contribution in [2.75, 3.05) is 5.32 Å². The van der Waals surface area contributed by atoms with Gasteiger partial charge in [0.05, 0.1) is 0 Å². The fourth-order valence-corrected chi connectivity index (χ4v) is 3.20. The van der Waals surface area contributed by atoms with Crippen LogP contribution in [0.25, 0.3) is 22.6 Å². The summed E-state index contributed by atoms with van der Waals surface area (Å²) < 4.78 is 1.93. The Balaban J connectivity index is 1.98. The van der Waals surface area contributed by atoms with Crippen LogP contribution in [0.1, 0.15) is 11.1 Å². The largest absolute Gasteiger partial charge is 0.334 e. The number of carbonyl (C=O) groups is 1. The van der Waals surface area contributed by atoms with E-state index in [9.17, 15) is 4.79 Å². The lowest BCUT2D eigenvalue weighted by atomic mass is 10.0. The van der Waals surface area contributed by atoms with Crippen molar-refractivity contribution in [2.24, 2.45) is 7.05 Å². The van der Waals surface area contributed by atoms with Crippen molar-refractivity contribution in [3.8, 4) is 0 Å². The second-order valence-electron chi connectivity index (χ2n) is 5.34. The molecular formula is C18H13ClN2O. The van der Waals surface area contributed by atoms with Gasteiger partial charge in [-0.15, -0.1) is 0 Å². The smallest absolute Gasteiger partial charge is 0.256 e. The molecule has 1 aliphatic rings. The van der Waals surface area contributed by atoms with E-state index < -0.39 is 0 Å². The lowest BCUT2D eigenvalue weighted by Gasteiger charge is -1.98. The number of anilines is 1. The van der Waals surface area contributed by atoms with Crippen LogP contribution in [-0.2, 0) is 11.8 Å². The molecule has 2 aromatic carbocycles. The first-order chi connectivity index (χ1) is 10.7. The Morgan fingerprint density at radius 1 is 1.09 bits per heavy atom. The van der Waals surface area contributed by atoms with Gasteiger partial charge in [-0.2, -0.15) is 0 Å². The van der Waals surface area contributed by atoms with Crippen LogP contribution in [-0.4, -0.2) is 10.5 Å². The van der Waals surface area contributed by atoms with Gasteiger partial charge in [0.1, 0.15) is 5.15 Å². The summed E-state index contributed by atoms with van der Waals surface area (Å²) in [5.41, 5.74) is 4.33. The minimum Gasteiger partial charge on any atom is -0.334 e. The lowest BCUT2D eigenvalue weighted by molar-refractivity contribution is -0.110. The zero-order valence-corrected chi connectivity index (χ0v) is 12.7. The first-order valence-corrected chi connectivity index (χ1v) is 7.40. The number of nitrogens with one attached hydrogen (secondary N) is 1. The van der Waals surface area contributed by atoms with Gasteiger partial charge in [-0.05, 0) is 18.2 Å². The molecule has 1 aliphatic heterocycles. The molecule has 4 heteroatoms. The normalized spacial score (nSPS) is 15.4. The average molecular weight is 309 g/mol. The summed E-state index contributed by atoms with van der Waals surface area (Å²) in [6.45, 7) is 0. The van der Waals surface area contributed by atoms with Gasteiger partial charge in [-0.1, -0.05) is 48.0 Å². The van der Waals surface area contributed by atoms with Gasteiger partial charge in [0, 0.05) is 40.3 Å². The fourth-order valence-electron chi connectivity index (χ4n) is 2.96. The van der Waals surface area contributed by atoms with Crippen LogP contribution in [0.4, 0.5) is 5.69 Å². The molecule has 0 atom stereocenters. The van der Waals surface area contributed by atoms with Gasteiger partial charge in [0.15, 0.2) is 0 Å². The van der Waals surface area contributed by atoms with Gasteiger partial charge in [-0.25, -0.2) is 0 Å². The third-order valence-electron chi connectivity index (χ3n) is 4.07. The Hall–Kier alpha value is -2.52. The minimum absolute atomic E-state index is 0.0924. The summed E-state index contributed by atoms with van der Waals surface area (Å²) >= 11 is 6.48. The van der Waals surface area contributed by atoms with E-state index in [0.29, 0.717) is 10.7 Å². The standard InChI is InChI=1S/C18H13ClN2O/c1-21-16-9-5-3-7-12(16)13(17(21)19)10-14-11-6-2-4-8-15(11)20-18(14)22/h2-10H,1H3,(H,20,22)/b14-10+. The number of para-hydroxylation sites is 2. The van der Waals surface area contributed by atoms with Crippen molar-refractivity contribution >= 4 is 45.7 Å². The maximum Gasteiger partial charge on any atom is 0.256 e. The monoisotopic (exact) mass is 308 g/mol. The number of hydrogen-bond acceptors (Lipinski definition) is 1. The highest BCUT2D eigenvalue weighted by Crippen LogP contribution is 2.36. The van der Waals surface area contributed by atoms with Crippen LogP contribution >= 0.6 is 11.6 Å². The molecule has 2 heterocycles. The summed E-state index contributed by atoms with van der Waals surface area (Å²) in [4.78, 5) is 12.3. The second-order valence-corrected chi connectivity index (χ2v) is 5.70. The van der Waals surface area contributed by atoms with Crippen molar-refractivity contribution in [3.05, 3.63) is 64.8 Å². The number of carbonyl (C=O) groups excluding carboxylic acids is 1. The van der Waals surface area contributed by atoms with Crippen molar-refractivity contribution in [1.82, 2.24) is 4.57 Å². The number of aryl methyl sites for hydroxylation is 1. The summed E-state index contributed by atoms with van der Waals surface area (Å²) in [6, 6.07) is 15.7. The van der Waals surface area contributed by atoms with E-state index in [4.69, 9.17) is 11.6 Å². The zero-order chi connectivity index (χ0) is 15.3. The number of amides is 1. The molecule has 1 aromatic heterocycles. The van der Waals surface area contributed by atoms with Gasteiger partial charge in [0.2, 0.25) is 0 Å². The first-order valence-electron chi connectivity index (χ1n) is 7.02. The minimum atomic E-state index is -0.0924. The summed E-state index contributed by atoms with van der Waals surface area (Å²) in [5, 5.41) is 4.56. The topological polar surface area (TPSA) is 34.0 Å². The van der Waals surface area contributed by atoms with Crippen LogP contribution in [0.2, 0.25) is 5.15 Å². The van der Waals surface area contributed by atoms with E-state index in [1.54, 1.807) is 0 Å². The number of benzene rings is 2. The van der Waals surface area contributed by atoms with E-state index in [0.717, 1.165) is 27.7 Å². The Morgan fingerprint density at radius 2 is 1.82 bits per heavy atom. The molecule has 0 aliphatic carbocycles. The third-order valence-corrected chi connectivity index (χ3v) is 4.53. The van der Waals surface area contributed by atoms with Gasteiger partial charge in [-0.3, -0.25) is 4.79 Å². The van der Waals surface area contributed by atoms with E-state index in [2.05, 4.69) is 5.32 Å². The highest BCUT2D eigenvalue weighted by Gasteiger charge is 2.24. The van der Waals surface area contributed by atoms with Crippen LogP contribution in [0.5, 0.6) is 0 Å². The Kier molecular flexibility index (Phi) is 2.84. The highest BCUT2D eigenvalue weighted by molar-refractivity contribution is 6.38. The number of hydrogen-bond donors (Lipinski definition) is 1. The lowest BCUT2D eigenvalue weighted by Crippen LogP contribution is -2.03. The predicted molar refractivity (Wildman–Crippen MR) is 90.9 cm³/mol. The van der Waals surface area contributed by atoms with Crippen LogP contribution in [0.3, 0.4) is 0 Å². The molecule has 22 heavy (non-hydrogen) atoms. The van der Waals surface area contributed by atoms with Crippen molar-refractivity contribution in [3.63, 3.8) is 0 Å². The molecule has 3 nitrogen and oxygen atoms in total. The molecule has 0 radical (unpaired) electrons. The highest BCUT2D eigenvalue weighted by atomic mass is 35.5. The first kappa shape index (κ1) is 13.2. The molecule has 0 bridgehead atoms. The quantitative estimate of drug-likeness (QED) is 0.667. The molecule has 0 spiro atoms. The zero-order valence-electron chi connectivity index (χ0n) is 11.9. The van der Waals surface area contributed by atoms with E-state index in [1.807, 2.05) is 66.2 Å². The number of nitrogens with zero attached hydrogens (tertiary/aromatic N) is 1. The number of fused-ring (bicyclic) bond motifs is 2. The van der Waals surface area contributed by atoms with E-state index >= 15 is 0 Å². The van der Waals surface area contributed by atoms with Gasteiger partial charge in [0.25, 0.3) is 5.91 Å².